The van der Waals surface area contributed by atoms with Crippen LogP contribution in [0.25, 0.3) is 0 Å². The third kappa shape index (κ3) is 3.11. The number of hydrogen-bond donors (Lipinski definition) is 0. The number of pyridine rings is 1. The molecule has 2 nitrogen and oxygen atoms in total. The van der Waals surface area contributed by atoms with Gasteiger partial charge in [-0.25, -0.2) is 0 Å². The van der Waals surface area contributed by atoms with Gasteiger partial charge in [0.05, 0.1) is 11.4 Å². The van der Waals surface area contributed by atoms with Gasteiger partial charge in [0.1, 0.15) is 0 Å². The van der Waals surface area contributed by atoms with E-state index < -0.39 is 0 Å². The third-order valence-electron chi connectivity index (χ3n) is 1.51. The van der Waals surface area contributed by atoms with E-state index in [1.165, 1.54) is 0 Å². The molecule has 0 aliphatic heterocycles. The standard InChI is InChI=1S/C10H11BrN2/c1-3-5-12-8(2)10-7-9(11)4-6-13-10/h3-7H,1-2H3/b5-3-,12-8+. The Morgan fingerprint density at radius 1 is 1.62 bits per heavy atom. The molecule has 0 bridgehead atoms. The summed E-state index contributed by atoms with van der Waals surface area (Å²) in [5, 5.41) is 0. The maximum Gasteiger partial charge on any atom is 0.0852 e. The monoisotopic (exact) mass is 238 g/mol. The first-order chi connectivity index (χ1) is 6.24. The lowest BCUT2D eigenvalue weighted by molar-refractivity contribution is 1.26. The summed E-state index contributed by atoms with van der Waals surface area (Å²) in [6.07, 6.45) is 5.41. The number of aromatic nitrogens is 1. The highest BCUT2D eigenvalue weighted by molar-refractivity contribution is 9.10. The molecule has 0 unspecified atom stereocenters. The van der Waals surface area contributed by atoms with Crippen LogP contribution in [0.1, 0.15) is 19.5 Å². The summed E-state index contributed by atoms with van der Waals surface area (Å²) in [6, 6.07) is 3.84. The maximum atomic E-state index is 4.21. The van der Waals surface area contributed by atoms with Crippen molar-refractivity contribution in [3.63, 3.8) is 0 Å². The highest BCUT2D eigenvalue weighted by Crippen LogP contribution is 2.09. The second-order valence-electron chi connectivity index (χ2n) is 2.56. The van der Waals surface area contributed by atoms with Crippen LogP contribution in [0.3, 0.4) is 0 Å². The molecule has 0 atom stereocenters. The number of nitrogens with zero attached hydrogens (tertiary/aromatic N) is 2. The van der Waals surface area contributed by atoms with Crippen molar-refractivity contribution in [1.29, 1.82) is 0 Å². The molecule has 0 radical (unpaired) electrons. The quantitative estimate of drug-likeness (QED) is 0.727. The summed E-state index contributed by atoms with van der Waals surface area (Å²) < 4.78 is 1.02. The molecule has 1 rings (SSSR count). The molecule has 0 amide bonds. The molecule has 3 heteroatoms. The maximum absolute atomic E-state index is 4.21. The highest BCUT2D eigenvalue weighted by atomic mass is 79.9. The number of halogens is 1. The van der Waals surface area contributed by atoms with E-state index in [0.717, 1.165) is 15.9 Å². The fourth-order valence-electron chi connectivity index (χ4n) is 0.855. The Bertz CT molecular complexity index is 343. The molecule has 0 N–H and O–H groups in total. The minimum atomic E-state index is 0.896. The molecule has 0 aliphatic carbocycles. The van der Waals surface area contributed by atoms with E-state index in [-0.39, 0.29) is 0 Å². The summed E-state index contributed by atoms with van der Waals surface area (Å²) in [7, 11) is 0. The number of rotatable bonds is 2. The van der Waals surface area contributed by atoms with Crippen molar-refractivity contribution >= 4 is 21.6 Å². The van der Waals surface area contributed by atoms with Crippen molar-refractivity contribution in [2.24, 2.45) is 4.99 Å². The minimum absolute atomic E-state index is 0.896. The predicted molar refractivity (Wildman–Crippen MR) is 59.0 cm³/mol. The molecule has 0 saturated heterocycles. The molecule has 0 saturated carbocycles. The molecule has 0 aromatic carbocycles. The lowest BCUT2D eigenvalue weighted by atomic mass is 10.2. The summed E-state index contributed by atoms with van der Waals surface area (Å²) in [5.41, 5.74) is 1.81. The van der Waals surface area contributed by atoms with Crippen LogP contribution in [-0.2, 0) is 0 Å². The fourth-order valence-corrected chi connectivity index (χ4v) is 1.19. The van der Waals surface area contributed by atoms with E-state index in [1.807, 2.05) is 32.1 Å². The van der Waals surface area contributed by atoms with E-state index in [4.69, 9.17) is 0 Å². The second kappa shape index (κ2) is 4.92. The van der Waals surface area contributed by atoms with Gasteiger partial charge >= 0.3 is 0 Å². The predicted octanol–water partition coefficient (Wildman–Crippen LogP) is 3.19. The Labute approximate surface area is 86.5 Å². The van der Waals surface area contributed by atoms with Gasteiger partial charge in [0.15, 0.2) is 0 Å². The van der Waals surface area contributed by atoms with Crippen LogP contribution in [0.2, 0.25) is 0 Å². The van der Waals surface area contributed by atoms with Gasteiger partial charge in [-0.15, -0.1) is 0 Å². The highest BCUT2D eigenvalue weighted by Gasteiger charge is 1.97. The molecule has 1 aromatic rings. The lowest BCUT2D eigenvalue weighted by Crippen LogP contribution is -1.96. The average Bonchev–Trinajstić information content (AvgIpc) is 2.14. The summed E-state index contributed by atoms with van der Waals surface area (Å²) >= 11 is 3.39. The topological polar surface area (TPSA) is 25.2 Å². The van der Waals surface area contributed by atoms with E-state index >= 15 is 0 Å². The molecular weight excluding hydrogens is 228 g/mol. The van der Waals surface area contributed by atoms with Crippen molar-refractivity contribution < 1.29 is 0 Å². The summed E-state index contributed by atoms with van der Waals surface area (Å²) in [4.78, 5) is 8.40. The van der Waals surface area contributed by atoms with Gasteiger partial charge in [-0.3, -0.25) is 9.98 Å². The summed E-state index contributed by atoms with van der Waals surface area (Å²) in [5.74, 6) is 0. The molecule has 0 fully saturated rings. The van der Waals surface area contributed by atoms with Crippen LogP contribution in [-0.4, -0.2) is 10.7 Å². The molecule has 68 valence electrons. The van der Waals surface area contributed by atoms with Crippen LogP contribution in [0.15, 0.2) is 40.1 Å². The van der Waals surface area contributed by atoms with Gasteiger partial charge in [0.25, 0.3) is 0 Å². The Morgan fingerprint density at radius 2 is 2.38 bits per heavy atom. The van der Waals surface area contributed by atoms with Crippen LogP contribution in [0.5, 0.6) is 0 Å². The lowest BCUT2D eigenvalue weighted by Gasteiger charge is -1.97. The third-order valence-corrected chi connectivity index (χ3v) is 2.00. The van der Waals surface area contributed by atoms with Crippen molar-refractivity contribution in [3.05, 3.63) is 40.8 Å². The Kier molecular flexibility index (Phi) is 3.83. The van der Waals surface area contributed by atoms with Crippen LogP contribution >= 0.6 is 15.9 Å². The Morgan fingerprint density at radius 3 is 3.00 bits per heavy atom. The van der Waals surface area contributed by atoms with E-state index in [0.29, 0.717) is 0 Å². The van der Waals surface area contributed by atoms with Gasteiger partial charge in [0, 0.05) is 16.9 Å². The molecule has 0 spiro atoms. The molecular formula is C10H11BrN2. The first-order valence-electron chi connectivity index (χ1n) is 4.01. The van der Waals surface area contributed by atoms with Gasteiger partial charge < -0.3 is 0 Å². The van der Waals surface area contributed by atoms with Gasteiger partial charge in [-0.2, -0.15) is 0 Å². The smallest absolute Gasteiger partial charge is 0.0852 e. The molecule has 1 heterocycles. The zero-order chi connectivity index (χ0) is 9.68. The minimum Gasteiger partial charge on any atom is -0.260 e. The van der Waals surface area contributed by atoms with E-state index in [9.17, 15) is 0 Å². The number of aliphatic imine (C=N–C) groups is 1. The zero-order valence-corrected chi connectivity index (χ0v) is 9.25. The van der Waals surface area contributed by atoms with E-state index in [2.05, 4.69) is 25.9 Å². The zero-order valence-electron chi connectivity index (χ0n) is 7.66. The first-order valence-corrected chi connectivity index (χ1v) is 4.81. The molecule has 13 heavy (non-hydrogen) atoms. The summed E-state index contributed by atoms with van der Waals surface area (Å²) in [6.45, 7) is 3.87. The molecule has 1 aromatic heterocycles. The van der Waals surface area contributed by atoms with Crippen molar-refractivity contribution in [2.45, 2.75) is 13.8 Å². The van der Waals surface area contributed by atoms with Crippen molar-refractivity contribution in [2.75, 3.05) is 0 Å². The molecule has 0 aliphatic rings. The second-order valence-corrected chi connectivity index (χ2v) is 3.47. The SMILES string of the molecule is C/C=C\N=C(/C)c1cc(Br)ccn1. The average molecular weight is 239 g/mol. The number of hydrogen-bond acceptors (Lipinski definition) is 2. The van der Waals surface area contributed by atoms with Crippen molar-refractivity contribution in [3.8, 4) is 0 Å². The van der Waals surface area contributed by atoms with Gasteiger partial charge in [0.2, 0.25) is 0 Å². The van der Waals surface area contributed by atoms with Crippen molar-refractivity contribution in [1.82, 2.24) is 4.98 Å². The van der Waals surface area contributed by atoms with E-state index in [1.54, 1.807) is 12.4 Å². The van der Waals surface area contributed by atoms with Crippen LogP contribution in [0.4, 0.5) is 0 Å². The largest absolute Gasteiger partial charge is 0.260 e. The van der Waals surface area contributed by atoms with Gasteiger partial charge in [-0.1, -0.05) is 22.0 Å². The van der Waals surface area contributed by atoms with Crippen LogP contribution in [0, 0.1) is 0 Å². The normalized spacial score (nSPS) is 12.4. The van der Waals surface area contributed by atoms with Gasteiger partial charge in [-0.05, 0) is 26.0 Å². The van der Waals surface area contributed by atoms with Crippen LogP contribution < -0.4 is 0 Å². The fraction of sp³-hybridized carbons (Fsp3) is 0.200. The first kappa shape index (κ1) is 10.1. The Hall–Kier alpha value is -0.960. The number of allylic oxidation sites excluding steroid dienone is 1. The Balaban J connectivity index is 2.94.